The Morgan fingerprint density at radius 1 is 1.37 bits per heavy atom. The third kappa shape index (κ3) is 4.42. The Morgan fingerprint density at radius 3 is 2.89 bits per heavy atom. The second-order valence-electron chi connectivity index (χ2n) is 4.98. The minimum atomic E-state index is -4.06. The molecular weight excluding hydrogens is 255 g/mol. The van der Waals surface area contributed by atoms with Gasteiger partial charge in [-0.3, -0.25) is 0 Å². The van der Waals surface area contributed by atoms with Gasteiger partial charge in [0.25, 0.3) is 0 Å². The first kappa shape index (κ1) is 14.2. The van der Waals surface area contributed by atoms with Crippen molar-refractivity contribution in [3.05, 3.63) is 29.3 Å². The molecule has 2 rings (SSSR count). The van der Waals surface area contributed by atoms with Crippen molar-refractivity contribution < 1.29 is 17.9 Å². The number of alkyl halides is 3. The summed E-state index contributed by atoms with van der Waals surface area (Å²) in [6.45, 7) is 2.99. The molecule has 1 aliphatic heterocycles. The molecule has 0 bridgehead atoms. The Bertz CT molecular complexity index is 431. The lowest BCUT2D eigenvalue weighted by atomic mass is 10.1. The summed E-state index contributed by atoms with van der Waals surface area (Å²) in [5.74, 6) is 0.896. The van der Waals surface area contributed by atoms with Gasteiger partial charge in [-0.2, -0.15) is 13.2 Å². The zero-order valence-corrected chi connectivity index (χ0v) is 10.9. The second kappa shape index (κ2) is 5.82. The number of rotatable bonds is 5. The van der Waals surface area contributed by atoms with Gasteiger partial charge < -0.3 is 10.1 Å². The molecule has 5 heteroatoms. The highest BCUT2D eigenvalue weighted by Crippen LogP contribution is 2.29. The van der Waals surface area contributed by atoms with Crippen molar-refractivity contribution in [3.63, 3.8) is 0 Å². The molecule has 0 aliphatic carbocycles. The first-order valence-corrected chi connectivity index (χ1v) is 6.48. The van der Waals surface area contributed by atoms with Crippen molar-refractivity contribution in [2.24, 2.45) is 0 Å². The van der Waals surface area contributed by atoms with Crippen molar-refractivity contribution >= 4 is 0 Å². The fourth-order valence-electron chi connectivity index (χ4n) is 2.24. The predicted molar refractivity (Wildman–Crippen MR) is 67.5 cm³/mol. The first-order chi connectivity index (χ1) is 8.94. The Morgan fingerprint density at radius 2 is 2.16 bits per heavy atom. The SMILES string of the molecule is Cc1ccc2c(c1)CC(CNCCCC(F)(F)F)O2. The van der Waals surface area contributed by atoms with Crippen molar-refractivity contribution in [2.75, 3.05) is 13.1 Å². The fraction of sp³-hybridized carbons (Fsp3) is 0.571. The van der Waals surface area contributed by atoms with Crippen LogP contribution in [0.25, 0.3) is 0 Å². The van der Waals surface area contributed by atoms with E-state index >= 15 is 0 Å². The molecule has 1 aromatic rings. The highest BCUT2D eigenvalue weighted by Gasteiger charge is 2.26. The molecule has 106 valence electrons. The van der Waals surface area contributed by atoms with E-state index in [0.717, 1.165) is 12.2 Å². The van der Waals surface area contributed by atoms with Gasteiger partial charge in [0.1, 0.15) is 11.9 Å². The average molecular weight is 273 g/mol. The van der Waals surface area contributed by atoms with Gasteiger partial charge in [-0.25, -0.2) is 0 Å². The lowest BCUT2D eigenvalue weighted by Gasteiger charge is -2.12. The molecule has 1 unspecified atom stereocenters. The molecule has 1 heterocycles. The monoisotopic (exact) mass is 273 g/mol. The summed E-state index contributed by atoms with van der Waals surface area (Å²) in [5, 5.41) is 3.02. The molecule has 0 radical (unpaired) electrons. The van der Waals surface area contributed by atoms with Crippen LogP contribution in [0.4, 0.5) is 13.2 Å². The van der Waals surface area contributed by atoms with Crippen molar-refractivity contribution in [1.82, 2.24) is 5.32 Å². The van der Waals surface area contributed by atoms with Crippen LogP contribution < -0.4 is 10.1 Å². The largest absolute Gasteiger partial charge is 0.488 e. The highest BCUT2D eigenvalue weighted by atomic mass is 19.4. The molecule has 0 fully saturated rings. The van der Waals surface area contributed by atoms with E-state index in [1.165, 1.54) is 11.1 Å². The van der Waals surface area contributed by atoms with Crippen LogP contribution in [0.2, 0.25) is 0 Å². The smallest absolute Gasteiger partial charge is 0.389 e. The zero-order chi connectivity index (χ0) is 13.9. The van der Waals surface area contributed by atoms with Crippen LogP contribution in [-0.4, -0.2) is 25.4 Å². The Labute approximate surface area is 111 Å². The van der Waals surface area contributed by atoms with Crippen LogP contribution in [0.5, 0.6) is 5.75 Å². The quantitative estimate of drug-likeness (QED) is 0.832. The van der Waals surface area contributed by atoms with Gasteiger partial charge in [0.15, 0.2) is 0 Å². The van der Waals surface area contributed by atoms with Crippen molar-refractivity contribution in [2.45, 2.75) is 38.5 Å². The summed E-state index contributed by atoms with van der Waals surface area (Å²) in [6, 6.07) is 6.05. The molecule has 0 saturated carbocycles. The number of fused-ring (bicyclic) bond motifs is 1. The maximum Gasteiger partial charge on any atom is 0.389 e. The Balaban J connectivity index is 1.67. The molecule has 2 nitrogen and oxygen atoms in total. The molecule has 0 saturated heterocycles. The van der Waals surface area contributed by atoms with Crippen LogP contribution in [-0.2, 0) is 6.42 Å². The fourth-order valence-corrected chi connectivity index (χ4v) is 2.24. The molecule has 0 spiro atoms. The zero-order valence-electron chi connectivity index (χ0n) is 10.9. The molecule has 1 N–H and O–H groups in total. The number of benzene rings is 1. The van der Waals surface area contributed by atoms with Gasteiger partial charge in [-0.05, 0) is 31.5 Å². The van der Waals surface area contributed by atoms with Gasteiger partial charge in [-0.15, -0.1) is 0 Å². The second-order valence-corrected chi connectivity index (χ2v) is 4.98. The lowest BCUT2D eigenvalue weighted by Crippen LogP contribution is -2.31. The minimum Gasteiger partial charge on any atom is -0.488 e. The van der Waals surface area contributed by atoms with Crippen molar-refractivity contribution in [1.29, 1.82) is 0 Å². The molecule has 1 aromatic carbocycles. The van der Waals surface area contributed by atoms with Gasteiger partial charge in [-0.1, -0.05) is 17.7 Å². The number of hydrogen-bond donors (Lipinski definition) is 1. The minimum absolute atomic E-state index is 0.0303. The summed E-state index contributed by atoms with van der Waals surface area (Å²) < 4.78 is 41.6. The van der Waals surface area contributed by atoms with Crippen LogP contribution in [0.15, 0.2) is 18.2 Å². The summed E-state index contributed by atoms with van der Waals surface area (Å²) in [5.41, 5.74) is 2.38. The molecule has 0 amide bonds. The molecular formula is C14H18F3NO. The molecule has 0 aromatic heterocycles. The van der Waals surface area contributed by atoms with Gasteiger partial charge in [0, 0.05) is 19.4 Å². The van der Waals surface area contributed by atoms with Gasteiger partial charge >= 0.3 is 6.18 Å². The summed E-state index contributed by atoms with van der Waals surface area (Å²) >= 11 is 0. The highest BCUT2D eigenvalue weighted by molar-refractivity contribution is 5.40. The topological polar surface area (TPSA) is 21.3 Å². The van der Waals surface area contributed by atoms with E-state index in [0.29, 0.717) is 13.1 Å². The van der Waals surface area contributed by atoms with E-state index in [-0.39, 0.29) is 12.5 Å². The number of aryl methyl sites for hydroxylation is 1. The van der Waals surface area contributed by atoms with E-state index < -0.39 is 12.6 Å². The summed E-state index contributed by atoms with van der Waals surface area (Å²) in [4.78, 5) is 0. The predicted octanol–water partition coefficient (Wildman–Crippen LogP) is 3.23. The molecule has 1 aliphatic rings. The number of nitrogens with one attached hydrogen (secondary N) is 1. The third-order valence-corrected chi connectivity index (χ3v) is 3.14. The van der Waals surface area contributed by atoms with Crippen molar-refractivity contribution in [3.8, 4) is 5.75 Å². The number of ether oxygens (including phenoxy) is 1. The van der Waals surface area contributed by atoms with Crippen LogP contribution in [0.3, 0.4) is 0 Å². The normalized spacial score (nSPS) is 18.2. The molecule has 1 atom stereocenters. The lowest BCUT2D eigenvalue weighted by molar-refractivity contribution is -0.135. The number of hydrogen-bond acceptors (Lipinski definition) is 2. The van der Waals surface area contributed by atoms with Gasteiger partial charge in [0.2, 0.25) is 0 Å². The maximum atomic E-state index is 11.9. The summed E-state index contributed by atoms with van der Waals surface area (Å²) in [6.07, 6.45) is -3.82. The first-order valence-electron chi connectivity index (χ1n) is 6.48. The van der Waals surface area contributed by atoms with Crippen LogP contribution in [0, 0.1) is 6.92 Å². The van der Waals surface area contributed by atoms with E-state index in [1.807, 2.05) is 19.1 Å². The Kier molecular flexibility index (Phi) is 4.34. The number of halogens is 3. The third-order valence-electron chi connectivity index (χ3n) is 3.14. The average Bonchev–Trinajstić information content (AvgIpc) is 2.68. The Hall–Kier alpha value is -1.23. The van der Waals surface area contributed by atoms with E-state index in [9.17, 15) is 13.2 Å². The van der Waals surface area contributed by atoms with Crippen LogP contribution >= 0.6 is 0 Å². The van der Waals surface area contributed by atoms with E-state index in [1.54, 1.807) is 0 Å². The maximum absolute atomic E-state index is 11.9. The van der Waals surface area contributed by atoms with E-state index in [2.05, 4.69) is 11.4 Å². The van der Waals surface area contributed by atoms with Crippen LogP contribution in [0.1, 0.15) is 24.0 Å². The standard InChI is InChI=1S/C14H18F3NO/c1-10-3-4-13-11(7-10)8-12(19-13)9-18-6-2-5-14(15,16)17/h3-4,7,12,18H,2,5-6,8-9H2,1H3. The van der Waals surface area contributed by atoms with Gasteiger partial charge in [0.05, 0.1) is 0 Å². The van der Waals surface area contributed by atoms with E-state index in [4.69, 9.17) is 4.74 Å². The molecule has 19 heavy (non-hydrogen) atoms. The summed E-state index contributed by atoms with van der Waals surface area (Å²) in [7, 11) is 0.